The number of nitrogens with zero attached hydrogens (tertiary/aromatic N) is 1. The van der Waals surface area contributed by atoms with Crippen LogP contribution < -0.4 is 10.2 Å². The third-order valence-electron chi connectivity index (χ3n) is 5.70. The highest BCUT2D eigenvalue weighted by Gasteiger charge is 2.41. The summed E-state index contributed by atoms with van der Waals surface area (Å²) in [5.74, 6) is -2.91. The number of fused-ring (bicyclic) bond motifs is 1. The number of rotatable bonds is 4. The number of alkyl halides is 3. The molecule has 1 saturated heterocycles. The van der Waals surface area contributed by atoms with Crippen LogP contribution in [-0.2, 0) is 12.7 Å². The second-order valence-corrected chi connectivity index (χ2v) is 8.28. The van der Waals surface area contributed by atoms with Gasteiger partial charge in [0.25, 0.3) is 5.76 Å². The van der Waals surface area contributed by atoms with Gasteiger partial charge in [-0.05, 0) is 50.6 Å². The molecule has 4 rings (SSSR count). The highest BCUT2D eigenvalue weighted by molar-refractivity contribution is 6.32. The van der Waals surface area contributed by atoms with Crippen LogP contribution in [0.1, 0.15) is 37.5 Å². The number of halogens is 4. The monoisotopic (exact) mass is 467 g/mol. The highest BCUT2D eigenvalue weighted by atomic mass is 35.5. The number of hydrogen-bond acceptors (Lipinski definition) is 5. The summed E-state index contributed by atoms with van der Waals surface area (Å²) in [6, 6.07) is 8.60. The molecule has 5 nitrogen and oxygen atoms in total. The Labute approximate surface area is 187 Å². The molecule has 0 unspecified atom stereocenters. The van der Waals surface area contributed by atoms with Gasteiger partial charge in [0.15, 0.2) is 0 Å². The molecule has 0 saturated carbocycles. The predicted molar refractivity (Wildman–Crippen MR) is 114 cm³/mol. The summed E-state index contributed by atoms with van der Waals surface area (Å²) in [6.07, 6.45) is -2.05. The number of hydrogen-bond donors (Lipinski definition) is 1. The molecule has 1 fully saturated rings. The fourth-order valence-electron chi connectivity index (χ4n) is 3.95. The molecule has 1 aliphatic heterocycles. The van der Waals surface area contributed by atoms with Gasteiger partial charge in [0.2, 0.25) is 11.2 Å². The Balaban J connectivity index is 1.89. The van der Waals surface area contributed by atoms with Crippen molar-refractivity contribution >= 4 is 22.6 Å². The third-order valence-corrected chi connectivity index (χ3v) is 6.02. The van der Waals surface area contributed by atoms with Gasteiger partial charge in [0.1, 0.15) is 17.1 Å². The molecule has 0 spiro atoms. The maximum absolute atomic E-state index is 13.9. The molecule has 0 bridgehead atoms. The lowest BCUT2D eigenvalue weighted by molar-refractivity contribution is -0.154. The van der Waals surface area contributed by atoms with Gasteiger partial charge >= 0.3 is 6.18 Å². The van der Waals surface area contributed by atoms with E-state index in [0.717, 1.165) is 25.8 Å². The largest absolute Gasteiger partial charge is 0.507 e. The average molecular weight is 468 g/mol. The first-order valence-corrected chi connectivity index (χ1v) is 10.6. The molecular weight excluding hydrogens is 447 g/mol. The highest BCUT2D eigenvalue weighted by Crippen LogP contribution is 2.41. The van der Waals surface area contributed by atoms with E-state index in [0.29, 0.717) is 0 Å². The molecule has 0 radical (unpaired) electrons. The van der Waals surface area contributed by atoms with Crippen molar-refractivity contribution in [2.75, 3.05) is 6.54 Å². The van der Waals surface area contributed by atoms with Crippen LogP contribution in [0.5, 0.6) is 17.2 Å². The van der Waals surface area contributed by atoms with Crippen molar-refractivity contribution < 1.29 is 27.4 Å². The molecule has 0 aliphatic carbocycles. The quantitative estimate of drug-likeness (QED) is 0.485. The standard InChI is InChI=1S/C23H21ClF3NO4/c1-13-6-4-5-11-28(13)12-15-17(29)10-9-14-19(30)21(22(23(25,26)27)32-20(14)15)31-18-8-3-2-7-16(18)24/h2-3,7-10,13,29H,4-6,11-12H2,1H3/t13-/m0/s1. The van der Waals surface area contributed by atoms with Gasteiger partial charge in [0, 0.05) is 12.6 Å². The second kappa shape index (κ2) is 8.67. The Hall–Kier alpha value is -2.71. The van der Waals surface area contributed by atoms with Crippen LogP contribution in [0.2, 0.25) is 5.02 Å². The van der Waals surface area contributed by atoms with Crippen molar-refractivity contribution in [1.29, 1.82) is 0 Å². The molecule has 32 heavy (non-hydrogen) atoms. The summed E-state index contributed by atoms with van der Waals surface area (Å²) < 4.78 is 52.3. The lowest BCUT2D eigenvalue weighted by Gasteiger charge is -2.33. The number of ether oxygens (including phenoxy) is 1. The number of benzene rings is 2. The van der Waals surface area contributed by atoms with E-state index in [1.165, 1.54) is 30.3 Å². The van der Waals surface area contributed by atoms with Gasteiger partial charge in [-0.3, -0.25) is 9.69 Å². The Kier molecular flexibility index (Phi) is 6.09. The number of para-hydroxylation sites is 1. The molecule has 1 aliphatic rings. The normalized spacial score (nSPS) is 17.6. The molecule has 1 aromatic heterocycles. The SMILES string of the molecule is C[C@H]1CCCCN1Cc1c(O)ccc2c(=O)c(Oc3ccccc3Cl)c(C(F)(F)F)oc12. The topological polar surface area (TPSA) is 62.9 Å². The zero-order valence-electron chi connectivity index (χ0n) is 17.2. The van der Waals surface area contributed by atoms with E-state index in [9.17, 15) is 23.1 Å². The van der Waals surface area contributed by atoms with Crippen LogP contribution in [0.3, 0.4) is 0 Å². The zero-order chi connectivity index (χ0) is 23.0. The van der Waals surface area contributed by atoms with Crippen molar-refractivity contribution in [3.8, 4) is 17.2 Å². The Morgan fingerprint density at radius 3 is 2.66 bits per heavy atom. The number of likely N-dealkylation sites (tertiary alicyclic amines) is 1. The summed E-state index contributed by atoms with van der Waals surface area (Å²) in [4.78, 5) is 15.2. The summed E-state index contributed by atoms with van der Waals surface area (Å²) in [5, 5.41) is 10.4. The van der Waals surface area contributed by atoms with E-state index in [2.05, 4.69) is 4.90 Å². The number of phenolic OH excluding ortho intramolecular Hbond substituents is 1. The molecular formula is C23H21ClF3NO4. The van der Waals surface area contributed by atoms with E-state index >= 15 is 0 Å². The van der Waals surface area contributed by atoms with Gasteiger partial charge in [0.05, 0.1) is 16.0 Å². The van der Waals surface area contributed by atoms with E-state index in [1.54, 1.807) is 6.07 Å². The predicted octanol–water partition coefficient (Wildman–Crippen LogP) is 6.34. The Bertz CT molecular complexity index is 1210. The van der Waals surface area contributed by atoms with Gasteiger partial charge in [-0.15, -0.1) is 0 Å². The lowest BCUT2D eigenvalue weighted by atomic mass is 10.0. The lowest BCUT2D eigenvalue weighted by Crippen LogP contribution is -2.36. The van der Waals surface area contributed by atoms with Crippen molar-refractivity contribution in [3.63, 3.8) is 0 Å². The first kappa shape index (κ1) is 22.5. The summed E-state index contributed by atoms with van der Waals surface area (Å²) in [5.41, 5.74) is -1.15. The Morgan fingerprint density at radius 2 is 1.97 bits per heavy atom. The number of aromatic hydroxyl groups is 1. The van der Waals surface area contributed by atoms with Gasteiger partial charge in [-0.2, -0.15) is 13.2 Å². The van der Waals surface area contributed by atoms with Crippen molar-refractivity contribution in [1.82, 2.24) is 4.90 Å². The number of phenols is 1. The first-order valence-electron chi connectivity index (χ1n) is 10.2. The Morgan fingerprint density at radius 1 is 1.22 bits per heavy atom. The first-order chi connectivity index (χ1) is 15.2. The fraction of sp³-hybridized carbons (Fsp3) is 0.348. The minimum Gasteiger partial charge on any atom is -0.507 e. The van der Waals surface area contributed by atoms with E-state index in [-0.39, 0.29) is 45.6 Å². The van der Waals surface area contributed by atoms with E-state index in [4.69, 9.17) is 20.8 Å². The van der Waals surface area contributed by atoms with Gasteiger partial charge in [-0.1, -0.05) is 30.2 Å². The molecule has 3 aromatic rings. The molecule has 1 atom stereocenters. The molecule has 0 amide bonds. The molecule has 1 N–H and O–H groups in total. The summed E-state index contributed by atoms with van der Waals surface area (Å²) in [6.45, 7) is 2.92. The van der Waals surface area contributed by atoms with Gasteiger partial charge in [-0.25, -0.2) is 0 Å². The summed E-state index contributed by atoms with van der Waals surface area (Å²) >= 11 is 6.00. The summed E-state index contributed by atoms with van der Waals surface area (Å²) in [7, 11) is 0. The minimum absolute atomic E-state index is 0.0469. The molecule has 2 heterocycles. The zero-order valence-corrected chi connectivity index (χ0v) is 18.0. The van der Waals surface area contributed by atoms with Crippen LogP contribution in [-0.4, -0.2) is 22.6 Å². The van der Waals surface area contributed by atoms with Crippen LogP contribution in [0.4, 0.5) is 13.2 Å². The van der Waals surface area contributed by atoms with Crippen LogP contribution in [0.15, 0.2) is 45.6 Å². The fourth-order valence-corrected chi connectivity index (χ4v) is 4.13. The number of piperidine rings is 1. The van der Waals surface area contributed by atoms with Crippen LogP contribution >= 0.6 is 11.6 Å². The van der Waals surface area contributed by atoms with E-state index < -0.39 is 23.1 Å². The van der Waals surface area contributed by atoms with Crippen molar-refractivity contribution in [3.05, 3.63) is 63.0 Å². The third kappa shape index (κ3) is 4.29. The average Bonchev–Trinajstić information content (AvgIpc) is 2.74. The second-order valence-electron chi connectivity index (χ2n) is 7.87. The maximum atomic E-state index is 13.9. The van der Waals surface area contributed by atoms with Crippen LogP contribution in [0, 0.1) is 0 Å². The minimum atomic E-state index is -5.01. The van der Waals surface area contributed by atoms with Crippen LogP contribution in [0.25, 0.3) is 11.0 Å². The van der Waals surface area contributed by atoms with E-state index in [1.807, 2.05) is 6.92 Å². The molecule has 170 valence electrons. The molecule has 2 aromatic carbocycles. The van der Waals surface area contributed by atoms with Gasteiger partial charge < -0.3 is 14.3 Å². The van der Waals surface area contributed by atoms with Crippen molar-refractivity contribution in [2.24, 2.45) is 0 Å². The maximum Gasteiger partial charge on any atom is 0.453 e. The van der Waals surface area contributed by atoms with Crippen molar-refractivity contribution in [2.45, 2.75) is 44.9 Å². The smallest absolute Gasteiger partial charge is 0.453 e. The molecule has 9 heteroatoms.